The third-order valence-electron chi connectivity index (χ3n) is 3.78. The van der Waals surface area contributed by atoms with Gasteiger partial charge >= 0.3 is 0 Å². The van der Waals surface area contributed by atoms with Gasteiger partial charge in [-0.2, -0.15) is 4.98 Å². The fourth-order valence-electron chi connectivity index (χ4n) is 2.53. The number of hydrogen-bond acceptors (Lipinski definition) is 7. The van der Waals surface area contributed by atoms with Crippen molar-refractivity contribution >= 4 is 17.2 Å². The normalized spacial score (nSPS) is 16.7. The van der Waals surface area contributed by atoms with Gasteiger partial charge in [-0.3, -0.25) is 9.69 Å². The summed E-state index contributed by atoms with van der Waals surface area (Å²) >= 11 is 1.59. The number of nitrogens with two attached hydrogens (primary N) is 1. The number of rotatable bonds is 4. The average molecular weight is 335 g/mol. The van der Waals surface area contributed by atoms with Gasteiger partial charge in [0.05, 0.1) is 17.0 Å². The van der Waals surface area contributed by atoms with E-state index in [1.54, 1.807) is 25.2 Å². The fraction of sp³-hybridized carbons (Fsp3) is 0.533. The van der Waals surface area contributed by atoms with E-state index < -0.39 is 5.54 Å². The predicted molar refractivity (Wildman–Crippen MR) is 87.7 cm³/mol. The molecule has 2 N–H and O–H groups in total. The Kier molecular flexibility index (Phi) is 4.47. The molecule has 1 aliphatic heterocycles. The lowest BCUT2D eigenvalue weighted by atomic mass is 10.0. The van der Waals surface area contributed by atoms with Crippen LogP contribution in [0.5, 0.6) is 0 Å². The molecular formula is C15H21N5O2S. The molecule has 0 radical (unpaired) electrons. The highest BCUT2D eigenvalue weighted by Gasteiger charge is 2.30. The molecule has 0 saturated carbocycles. The molecule has 0 aromatic carbocycles. The van der Waals surface area contributed by atoms with Crippen LogP contribution in [0.4, 0.5) is 0 Å². The predicted octanol–water partition coefficient (Wildman–Crippen LogP) is 1.18. The van der Waals surface area contributed by atoms with Gasteiger partial charge in [-0.15, -0.1) is 11.3 Å². The molecule has 1 aliphatic rings. The lowest BCUT2D eigenvalue weighted by Crippen LogP contribution is -2.56. The van der Waals surface area contributed by atoms with Gasteiger partial charge in [-0.1, -0.05) is 11.2 Å². The van der Waals surface area contributed by atoms with Crippen LogP contribution >= 0.6 is 11.3 Å². The molecule has 1 saturated heterocycles. The van der Waals surface area contributed by atoms with Gasteiger partial charge in [-0.05, 0) is 25.3 Å². The number of hydrogen-bond donors (Lipinski definition) is 1. The second kappa shape index (κ2) is 6.38. The molecule has 1 amide bonds. The molecule has 2 aromatic heterocycles. The maximum absolute atomic E-state index is 12.2. The van der Waals surface area contributed by atoms with Gasteiger partial charge in [-0.25, -0.2) is 0 Å². The van der Waals surface area contributed by atoms with E-state index in [1.807, 2.05) is 22.4 Å². The molecule has 0 aliphatic carbocycles. The van der Waals surface area contributed by atoms with Crippen LogP contribution < -0.4 is 5.73 Å². The van der Waals surface area contributed by atoms with E-state index in [2.05, 4.69) is 15.0 Å². The number of thiophene rings is 1. The summed E-state index contributed by atoms with van der Waals surface area (Å²) in [5.74, 6) is 1.23. The van der Waals surface area contributed by atoms with E-state index in [0.29, 0.717) is 31.3 Å². The highest BCUT2D eigenvalue weighted by molar-refractivity contribution is 7.13. The van der Waals surface area contributed by atoms with Crippen molar-refractivity contribution in [2.75, 3.05) is 26.2 Å². The van der Waals surface area contributed by atoms with Crippen molar-refractivity contribution in [3.8, 4) is 10.7 Å². The molecule has 0 unspecified atom stereocenters. The first-order chi connectivity index (χ1) is 10.9. The molecule has 23 heavy (non-hydrogen) atoms. The standard InChI is InChI=1S/C15H21N5O2S/c1-15(2,16)14(21)20-7-5-19(6-8-20)10-12-17-13(18-22-12)11-4-3-9-23-11/h3-4,9H,5-8,10,16H2,1-2H3. The number of nitrogens with zero attached hydrogens (tertiary/aromatic N) is 4. The number of amides is 1. The van der Waals surface area contributed by atoms with Crippen LogP contribution in [0.1, 0.15) is 19.7 Å². The minimum absolute atomic E-state index is 0.00470. The fourth-order valence-corrected chi connectivity index (χ4v) is 3.18. The third-order valence-corrected chi connectivity index (χ3v) is 4.65. The van der Waals surface area contributed by atoms with Crippen LogP contribution in [0.2, 0.25) is 0 Å². The van der Waals surface area contributed by atoms with E-state index in [4.69, 9.17) is 10.3 Å². The Hall–Kier alpha value is -1.77. The molecule has 124 valence electrons. The van der Waals surface area contributed by atoms with E-state index >= 15 is 0 Å². The summed E-state index contributed by atoms with van der Waals surface area (Å²) in [5.41, 5.74) is 5.06. The zero-order valence-corrected chi connectivity index (χ0v) is 14.2. The zero-order valence-electron chi connectivity index (χ0n) is 13.4. The number of carbonyl (C=O) groups is 1. The first-order valence-electron chi connectivity index (χ1n) is 7.60. The summed E-state index contributed by atoms with van der Waals surface area (Å²) in [6.07, 6.45) is 0. The Morgan fingerprint density at radius 2 is 2.13 bits per heavy atom. The molecule has 8 heteroatoms. The van der Waals surface area contributed by atoms with Crippen molar-refractivity contribution in [3.63, 3.8) is 0 Å². The van der Waals surface area contributed by atoms with E-state index in [-0.39, 0.29) is 5.91 Å². The van der Waals surface area contributed by atoms with Crippen molar-refractivity contribution in [3.05, 3.63) is 23.4 Å². The Balaban J connectivity index is 1.54. The van der Waals surface area contributed by atoms with Crippen molar-refractivity contribution in [1.82, 2.24) is 19.9 Å². The highest BCUT2D eigenvalue weighted by Crippen LogP contribution is 2.21. The second-order valence-electron chi connectivity index (χ2n) is 6.28. The number of aromatic nitrogens is 2. The molecule has 0 spiro atoms. The van der Waals surface area contributed by atoms with Crippen LogP contribution in [0, 0.1) is 0 Å². The highest BCUT2D eigenvalue weighted by atomic mass is 32.1. The van der Waals surface area contributed by atoms with Crippen LogP contribution in [0.3, 0.4) is 0 Å². The summed E-state index contributed by atoms with van der Waals surface area (Å²) in [4.78, 5) is 21.6. The quantitative estimate of drug-likeness (QED) is 0.902. The summed E-state index contributed by atoms with van der Waals surface area (Å²) in [6, 6.07) is 3.93. The third kappa shape index (κ3) is 3.77. The summed E-state index contributed by atoms with van der Waals surface area (Å²) < 4.78 is 5.32. The van der Waals surface area contributed by atoms with Crippen LogP contribution in [-0.4, -0.2) is 57.6 Å². The van der Waals surface area contributed by atoms with Crippen LogP contribution in [-0.2, 0) is 11.3 Å². The lowest BCUT2D eigenvalue weighted by molar-refractivity contribution is -0.137. The number of carbonyl (C=O) groups excluding carboxylic acids is 1. The molecule has 0 bridgehead atoms. The van der Waals surface area contributed by atoms with Crippen molar-refractivity contribution in [1.29, 1.82) is 0 Å². The monoisotopic (exact) mass is 335 g/mol. The Labute approximate surface area is 139 Å². The molecule has 2 aromatic rings. The molecular weight excluding hydrogens is 314 g/mol. The Morgan fingerprint density at radius 1 is 1.39 bits per heavy atom. The largest absolute Gasteiger partial charge is 0.339 e. The van der Waals surface area contributed by atoms with Gasteiger partial charge < -0.3 is 15.2 Å². The average Bonchev–Trinajstić information content (AvgIpc) is 3.17. The molecule has 0 atom stereocenters. The lowest BCUT2D eigenvalue weighted by Gasteiger charge is -2.36. The summed E-state index contributed by atoms with van der Waals surface area (Å²) in [5, 5.41) is 6.00. The van der Waals surface area contributed by atoms with Gasteiger partial charge in [0.15, 0.2) is 0 Å². The molecule has 3 rings (SSSR count). The first kappa shape index (κ1) is 16.1. The Bertz CT molecular complexity index is 654. The van der Waals surface area contributed by atoms with Crippen LogP contribution in [0.25, 0.3) is 10.7 Å². The van der Waals surface area contributed by atoms with Gasteiger partial charge in [0, 0.05) is 26.2 Å². The van der Waals surface area contributed by atoms with E-state index in [1.165, 1.54) is 0 Å². The molecule has 1 fully saturated rings. The minimum atomic E-state index is -0.815. The maximum atomic E-state index is 12.2. The number of piperazine rings is 1. The van der Waals surface area contributed by atoms with Crippen LogP contribution in [0.15, 0.2) is 22.0 Å². The van der Waals surface area contributed by atoms with Crippen molar-refractivity contribution in [2.24, 2.45) is 5.73 Å². The zero-order chi connectivity index (χ0) is 16.4. The smallest absolute Gasteiger partial charge is 0.242 e. The van der Waals surface area contributed by atoms with E-state index in [0.717, 1.165) is 18.0 Å². The summed E-state index contributed by atoms with van der Waals surface area (Å²) in [7, 11) is 0. The summed E-state index contributed by atoms with van der Waals surface area (Å²) in [6.45, 7) is 6.98. The first-order valence-corrected chi connectivity index (χ1v) is 8.48. The van der Waals surface area contributed by atoms with Gasteiger partial charge in [0.25, 0.3) is 0 Å². The minimum Gasteiger partial charge on any atom is -0.339 e. The SMILES string of the molecule is CC(C)(N)C(=O)N1CCN(Cc2nc(-c3cccs3)no2)CC1. The van der Waals surface area contributed by atoms with E-state index in [9.17, 15) is 4.79 Å². The maximum Gasteiger partial charge on any atom is 0.242 e. The molecule has 7 nitrogen and oxygen atoms in total. The Morgan fingerprint density at radius 3 is 2.74 bits per heavy atom. The van der Waals surface area contributed by atoms with Gasteiger partial charge in [0.1, 0.15) is 0 Å². The second-order valence-corrected chi connectivity index (χ2v) is 7.23. The van der Waals surface area contributed by atoms with Gasteiger partial charge in [0.2, 0.25) is 17.6 Å². The molecule has 3 heterocycles. The van der Waals surface area contributed by atoms with Crippen molar-refractivity contribution < 1.29 is 9.32 Å². The topological polar surface area (TPSA) is 88.5 Å². The van der Waals surface area contributed by atoms with Crippen molar-refractivity contribution in [2.45, 2.75) is 25.9 Å².